The van der Waals surface area contributed by atoms with Gasteiger partial charge in [0.2, 0.25) is 0 Å². The summed E-state index contributed by atoms with van der Waals surface area (Å²) in [7, 11) is -2.89. The van der Waals surface area contributed by atoms with Crippen LogP contribution in [0.3, 0.4) is 0 Å². The molecule has 2 heterocycles. The van der Waals surface area contributed by atoms with E-state index in [0.29, 0.717) is 18.4 Å². The predicted molar refractivity (Wildman–Crippen MR) is 81.0 cm³/mol. The molecular formula is C15H20N2O3S. The van der Waals surface area contributed by atoms with Crippen molar-refractivity contribution < 1.29 is 13.2 Å². The molecule has 6 heteroatoms. The lowest BCUT2D eigenvalue weighted by Gasteiger charge is -2.23. The molecule has 21 heavy (non-hydrogen) atoms. The lowest BCUT2D eigenvalue weighted by Crippen LogP contribution is -2.40. The Morgan fingerprint density at radius 2 is 1.95 bits per heavy atom. The second-order valence-corrected chi connectivity index (χ2v) is 8.11. The van der Waals surface area contributed by atoms with Crippen LogP contribution in [0, 0.1) is 0 Å². The number of fused-ring (bicyclic) bond motifs is 1. The van der Waals surface area contributed by atoms with Crippen LogP contribution >= 0.6 is 0 Å². The van der Waals surface area contributed by atoms with E-state index in [9.17, 15) is 13.2 Å². The fraction of sp³-hybridized carbons (Fsp3) is 0.533. The van der Waals surface area contributed by atoms with Crippen molar-refractivity contribution in [1.29, 1.82) is 0 Å². The van der Waals surface area contributed by atoms with E-state index in [-0.39, 0.29) is 23.5 Å². The van der Waals surface area contributed by atoms with E-state index in [4.69, 9.17) is 0 Å². The number of rotatable bonds is 2. The highest BCUT2D eigenvalue weighted by Crippen LogP contribution is 2.17. The molecule has 0 unspecified atom stereocenters. The molecule has 3 rings (SSSR count). The van der Waals surface area contributed by atoms with Gasteiger partial charge in [-0.3, -0.25) is 4.79 Å². The van der Waals surface area contributed by atoms with Gasteiger partial charge in [0.1, 0.15) is 9.84 Å². The van der Waals surface area contributed by atoms with Crippen LogP contribution in [0.25, 0.3) is 0 Å². The molecule has 5 nitrogen and oxygen atoms in total. The Hall–Kier alpha value is -1.40. The lowest BCUT2D eigenvalue weighted by molar-refractivity contribution is 0.0934. The average molecular weight is 308 g/mol. The fourth-order valence-electron chi connectivity index (χ4n) is 2.92. The van der Waals surface area contributed by atoms with Crippen molar-refractivity contribution in [3.63, 3.8) is 0 Å². The van der Waals surface area contributed by atoms with E-state index in [1.54, 1.807) is 0 Å². The van der Waals surface area contributed by atoms with Crippen molar-refractivity contribution in [1.82, 2.24) is 10.6 Å². The molecule has 0 spiro atoms. The zero-order chi connectivity index (χ0) is 14.9. The first-order valence-corrected chi connectivity index (χ1v) is 9.19. The third-order valence-corrected chi connectivity index (χ3v) is 5.96. The molecule has 0 bridgehead atoms. The first-order valence-electron chi connectivity index (χ1n) is 7.37. The maximum Gasteiger partial charge on any atom is 0.251 e. The molecule has 0 aliphatic carbocycles. The number of hydrogen-bond donors (Lipinski definition) is 2. The van der Waals surface area contributed by atoms with Gasteiger partial charge < -0.3 is 10.6 Å². The van der Waals surface area contributed by atoms with Crippen molar-refractivity contribution in [3.05, 3.63) is 34.9 Å². The molecule has 1 amide bonds. The summed E-state index contributed by atoms with van der Waals surface area (Å²) in [5.74, 6) is 0.241. The van der Waals surface area contributed by atoms with Crippen LogP contribution in [0.2, 0.25) is 0 Å². The summed E-state index contributed by atoms with van der Waals surface area (Å²) in [4.78, 5) is 12.3. The summed E-state index contributed by atoms with van der Waals surface area (Å²) in [6, 6.07) is 5.79. The molecule has 1 fully saturated rings. The molecule has 0 atom stereocenters. The van der Waals surface area contributed by atoms with Crippen LogP contribution in [0.1, 0.15) is 34.3 Å². The smallest absolute Gasteiger partial charge is 0.251 e. The Morgan fingerprint density at radius 1 is 1.19 bits per heavy atom. The number of benzene rings is 1. The molecule has 0 saturated carbocycles. The maximum absolute atomic E-state index is 12.3. The second-order valence-electron chi connectivity index (χ2n) is 5.81. The van der Waals surface area contributed by atoms with Gasteiger partial charge in [-0.25, -0.2) is 8.42 Å². The van der Waals surface area contributed by atoms with E-state index in [1.165, 1.54) is 11.1 Å². The highest BCUT2D eigenvalue weighted by molar-refractivity contribution is 7.91. The molecule has 2 N–H and O–H groups in total. The number of sulfone groups is 1. The highest BCUT2D eigenvalue weighted by Gasteiger charge is 2.25. The Morgan fingerprint density at radius 3 is 2.71 bits per heavy atom. The Balaban J connectivity index is 1.66. The summed E-state index contributed by atoms with van der Waals surface area (Å²) in [5.41, 5.74) is 3.14. The Bertz CT molecular complexity index is 641. The normalized spacial score (nSPS) is 21.5. The van der Waals surface area contributed by atoms with Crippen LogP contribution in [0.5, 0.6) is 0 Å². The van der Waals surface area contributed by atoms with Crippen molar-refractivity contribution in [2.75, 3.05) is 18.1 Å². The zero-order valence-electron chi connectivity index (χ0n) is 11.9. The van der Waals surface area contributed by atoms with Crippen molar-refractivity contribution in [2.45, 2.75) is 31.8 Å². The minimum absolute atomic E-state index is 0.0322. The van der Waals surface area contributed by atoms with Crippen molar-refractivity contribution in [3.8, 4) is 0 Å². The quantitative estimate of drug-likeness (QED) is 0.841. The first-order chi connectivity index (χ1) is 10.0. The van der Waals surface area contributed by atoms with Gasteiger partial charge in [-0.2, -0.15) is 0 Å². The SMILES string of the molecule is O=C(NC1CCS(=O)(=O)CC1)c1ccc2c(c1)CNCC2. The molecule has 2 aliphatic rings. The maximum atomic E-state index is 12.3. The third kappa shape index (κ3) is 3.44. The zero-order valence-corrected chi connectivity index (χ0v) is 12.7. The molecule has 1 saturated heterocycles. The summed E-state index contributed by atoms with van der Waals surface area (Å²) >= 11 is 0. The van der Waals surface area contributed by atoms with E-state index in [2.05, 4.69) is 10.6 Å². The Kier molecular flexibility index (Phi) is 3.99. The number of carbonyl (C=O) groups is 1. The molecule has 0 aromatic heterocycles. The predicted octanol–water partition coefficient (Wildman–Crippen LogP) is 0.639. The molecular weight excluding hydrogens is 288 g/mol. The Labute approximate surface area is 125 Å². The minimum Gasteiger partial charge on any atom is -0.349 e. The summed E-state index contributed by atoms with van der Waals surface area (Å²) in [6.07, 6.45) is 2.03. The molecule has 1 aromatic carbocycles. The minimum atomic E-state index is -2.89. The highest BCUT2D eigenvalue weighted by atomic mass is 32.2. The second kappa shape index (κ2) is 5.77. The number of hydrogen-bond acceptors (Lipinski definition) is 4. The fourth-order valence-corrected chi connectivity index (χ4v) is 4.42. The topological polar surface area (TPSA) is 75.3 Å². The van der Waals surface area contributed by atoms with Gasteiger partial charge in [0.15, 0.2) is 0 Å². The number of nitrogens with one attached hydrogen (secondary N) is 2. The average Bonchev–Trinajstić information content (AvgIpc) is 2.49. The van der Waals surface area contributed by atoms with Gasteiger partial charge in [0.25, 0.3) is 5.91 Å². The van der Waals surface area contributed by atoms with Crippen LogP contribution in [0.4, 0.5) is 0 Å². The first kappa shape index (κ1) is 14.5. The van der Waals surface area contributed by atoms with E-state index in [1.807, 2.05) is 18.2 Å². The number of carbonyl (C=O) groups excluding carboxylic acids is 1. The van der Waals surface area contributed by atoms with Gasteiger partial charge in [-0.1, -0.05) is 6.07 Å². The van der Waals surface area contributed by atoms with Gasteiger partial charge in [0, 0.05) is 18.2 Å². The summed E-state index contributed by atoms with van der Waals surface area (Å²) in [6.45, 7) is 1.78. The van der Waals surface area contributed by atoms with E-state index < -0.39 is 9.84 Å². The summed E-state index contributed by atoms with van der Waals surface area (Å²) in [5, 5.41) is 6.26. The van der Waals surface area contributed by atoms with Crippen molar-refractivity contribution in [2.24, 2.45) is 0 Å². The van der Waals surface area contributed by atoms with E-state index in [0.717, 1.165) is 19.5 Å². The standard InChI is InChI=1S/C15H20N2O3S/c18-15(17-14-4-7-21(19,20)8-5-14)12-2-1-11-3-6-16-10-13(11)9-12/h1-2,9,14,16H,3-8,10H2,(H,17,18). The summed E-state index contributed by atoms with van der Waals surface area (Å²) < 4.78 is 22.8. The van der Waals surface area contributed by atoms with Gasteiger partial charge in [-0.05, 0) is 49.1 Å². The molecule has 1 aromatic rings. The van der Waals surface area contributed by atoms with Crippen LogP contribution in [-0.2, 0) is 22.8 Å². The lowest BCUT2D eigenvalue weighted by atomic mass is 9.98. The molecule has 2 aliphatic heterocycles. The molecule has 0 radical (unpaired) electrons. The molecule has 114 valence electrons. The van der Waals surface area contributed by atoms with Gasteiger partial charge in [-0.15, -0.1) is 0 Å². The van der Waals surface area contributed by atoms with E-state index >= 15 is 0 Å². The number of amides is 1. The third-order valence-electron chi connectivity index (χ3n) is 4.24. The van der Waals surface area contributed by atoms with Crippen molar-refractivity contribution >= 4 is 15.7 Å². The van der Waals surface area contributed by atoms with Gasteiger partial charge >= 0.3 is 0 Å². The van der Waals surface area contributed by atoms with Crippen LogP contribution < -0.4 is 10.6 Å². The largest absolute Gasteiger partial charge is 0.349 e. The van der Waals surface area contributed by atoms with Crippen LogP contribution in [-0.4, -0.2) is 38.4 Å². The van der Waals surface area contributed by atoms with Gasteiger partial charge in [0.05, 0.1) is 11.5 Å². The van der Waals surface area contributed by atoms with Crippen LogP contribution in [0.15, 0.2) is 18.2 Å². The monoisotopic (exact) mass is 308 g/mol.